The van der Waals surface area contributed by atoms with Crippen LogP contribution in [-0.2, 0) is 4.79 Å². The molecule has 0 spiro atoms. The molecule has 23 heavy (non-hydrogen) atoms. The molecule has 0 atom stereocenters. The second kappa shape index (κ2) is 19.3. The van der Waals surface area contributed by atoms with Crippen molar-refractivity contribution in [3.05, 3.63) is 12.7 Å². The summed E-state index contributed by atoms with van der Waals surface area (Å²) in [7, 11) is 0. The van der Waals surface area contributed by atoms with Crippen LogP contribution in [-0.4, -0.2) is 12.5 Å². The number of carbonyl (C=O) groups excluding carboxylic acids is 1. The molecule has 0 rings (SSSR count). The molecule has 136 valence electrons. The van der Waals surface area contributed by atoms with E-state index in [1.165, 1.54) is 89.9 Å². The maximum Gasteiger partial charge on any atom is 0.220 e. The summed E-state index contributed by atoms with van der Waals surface area (Å²) >= 11 is 0. The number of rotatable bonds is 18. The molecule has 2 heteroatoms. The van der Waals surface area contributed by atoms with E-state index in [-0.39, 0.29) is 5.91 Å². The zero-order valence-electron chi connectivity index (χ0n) is 15.7. The smallest absolute Gasteiger partial charge is 0.220 e. The molecule has 0 saturated carbocycles. The lowest BCUT2D eigenvalue weighted by Crippen LogP contribution is -2.22. The van der Waals surface area contributed by atoms with Crippen molar-refractivity contribution < 1.29 is 4.79 Å². The highest BCUT2D eigenvalue weighted by Crippen LogP contribution is 2.13. The molecule has 0 aliphatic heterocycles. The molecule has 1 amide bonds. The van der Waals surface area contributed by atoms with Crippen LogP contribution in [0.4, 0.5) is 0 Å². The van der Waals surface area contributed by atoms with Crippen LogP contribution < -0.4 is 5.32 Å². The van der Waals surface area contributed by atoms with E-state index in [1.807, 2.05) is 0 Å². The predicted molar refractivity (Wildman–Crippen MR) is 103 cm³/mol. The molecule has 0 heterocycles. The number of unbranched alkanes of at least 4 members (excludes halogenated alkanes) is 14. The van der Waals surface area contributed by atoms with Gasteiger partial charge < -0.3 is 5.32 Å². The van der Waals surface area contributed by atoms with Crippen LogP contribution in [0.1, 0.15) is 110 Å². The second-order valence-corrected chi connectivity index (χ2v) is 6.79. The Bertz CT molecular complexity index is 263. The molecule has 0 aliphatic carbocycles. The molecule has 0 unspecified atom stereocenters. The zero-order chi connectivity index (χ0) is 17.0. The van der Waals surface area contributed by atoms with E-state index >= 15 is 0 Å². The molecule has 0 aliphatic rings. The highest BCUT2D eigenvalue weighted by atomic mass is 16.1. The molecular weight excluding hydrogens is 282 g/mol. The summed E-state index contributed by atoms with van der Waals surface area (Å²) in [6.45, 7) is 6.47. The summed E-state index contributed by atoms with van der Waals surface area (Å²) in [5.41, 5.74) is 0. The van der Waals surface area contributed by atoms with Gasteiger partial charge >= 0.3 is 0 Å². The largest absolute Gasteiger partial charge is 0.353 e. The Balaban J connectivity index is 3.05. The van der Waals surface area contributed by atoms with Crippen LogP contribution in [0.15, 0.2) is 12.7 Å². The van der Waals surface area contributed by atoms with E-state index in [0.717, 1.165) is 6.42 Å². The molecular formula is C21H41NO. The molecule has 0 fully saturated rings. The Morgan fingerprint density at radius 3 is 1.52 bits per heavy atom. The topological polar surface area (TPSA) is 29.1 Å². The van der Waals surface area contributed by atoms with Crippen LogP contribution >= 0.6 is 0 Å². The third kappa shape index (κ3) is 19.2. The molecule has 0 aromatic rings. The standard InChI is InChI=1S/C21H41NO/c1-3-5-6-7-8-9-10-11-12-13-14-15-16-17-18-19-21(23)22-20-4-2/h4H,2-3,5-20H2,1H3,(H,22,23). The fourth-order valence-electron chi connectivity index (χ4n) is 2.93. The predicted octanol–water partition coefficient (Wildman–Crippen LogP) is 6.55. The summed E-state index contributed by atoms with van der Waals surface area (Å²) in [4.78, 5) is 11.4. The minimum Gasteiger partial charge on any atom is -0.353 e. The summed E-state index contributed by atoms with van der Waals surface area (Å²) in [5.74, 6) is 0.166. The minimum absolute atomic E-state index is 0.166. The van der Waals surface area contributed by atoms with Gasteiger partial charge in [0.15, 0.2) is 0 Å². The van der Waals surface area contributed by atoms with Crippen molar-refractivity contribution in [2.24, 2.45) is 0 Å². The van der Waals surface area contributed by atoms with Crippen molar-refractivity contribution in [3.63, 3.8) is 0 Å². The van der Waals surface area contributed by atoms with E-state index in [9.17, 15) is 4.79 Å². The van der Waals surface area contributed by atoms with Crippen molar-refractivity contribution in [1.29, 1.82) is 0 Å². The van der Waals surface area contributed by atoms with Crippen LogP contribution in [0.2, 0.25) is 0 Å². The molecule has 2 nitrogen and oxygen atoms in total. The summed E-state index contributed by atoms with van der Waals surface area (Å²) in [6.07, 6.45) is 22.8. The maximum atomic E-state index is 11.4. The van der Waals surface area contributed by atoms with Gasteiger partial charge in [0.1, 0.15) is 0 Å². The average Bonchev–Trinajstić information content (AvgIpc) is 2.56. The molecule has 0 saturated heterocycles. The fraction of sp³-hybridized carbons (Fsp3) is 0.857. The summed E-state index contributed by atoms with van der Waals surface area (Å²) in [5, 5.41) is 2.82. The number of hydrogen-bond donors (Lipinski definition) is 1. The van der Waals surface area contributed by atoms with Gasteiger partial charge in [-0.25, -0.2) is 0 Å². The van der Waals surface area contributed by atoms with Crippen LogP contribution in [0.25, 0.3) is 0 Å². The number of nitrogens with one attached hydrogen (secondary N) is 1. The third-order valence-electron chi connectivity index (χ3n) is 4.45. The first-order valence-corrected chi connectivity index (χ1v) is 10.2. The van der Waals surface area contributed by atoms with Crippen molar-refractivity contribution in [2.45, 2.75) is 110 Å². The van der Waals surface area contributed by atoms with E-state index < -0.39 is 0 Å². The van der Waals surface area contributed by atoms with Crippen molar-refractivity contribution >= 4 is 5.91 Å². The SMILES string of the molecule is C=CCNC(=O)CCCCCCCCCCCCCCCCC. The van der Waals surface area contributed by atoms with Gasteiger partial charge in [-0.3, -0.25) is 4.79 Å². The van der Waals surface area contributed by atoms with Crippen LogP contribution in [0.5, 0.6) is 0 Å². The maximum absolute atomic E-state index is 11.4. The quantitative estimate of drug-likeness (QED) is 0.225. The molecule has 0 bridgehead atoms. The first-order valence-electron chi connectivity index (χ1n) is 10.2. The third-order valence-corrected chi connectivity index (χ3v) is 4.45. The minimum atomic E-state index is 0.166. The van der Waals surface area contributed by atoms with Gasteiger partial charge in [-0.05, 0) is 6.42 Å². The van der Waals surface area contributed by atoms with E-state index in [0.29, 0.717) is 13.0 Å². The number of carbonyl (C=O) groups is 1. The monoisotopic (exact) mass is 323 g/mol. The van der Waals surface area contributed by atoms with Crippen molar-refractivity contribution in [2.75, 3.05) is 6.54 Å². The number of amides is 1. The van der Waals surface area contributed by atoms with Gasteiger partial charge in [0, 0.05) is 13.0 Å². The normalized spacial score (nSPS) is 10.7. The lowest BCUT2D eigenvalue weighted by Gasteiger charge is -2.04. The zero-order valence-corrected chi connectivity index (χ0v) is 15.7. The van der Waals surface area contributed by atoms with Gasteiger partial charge in [0.05, 0.1) is 0 Å². The van der Waals surface area contributed by atoms with Crippen molar-refractivity contribution in [1.82, 2.24) is 5.32 Å². The molecule has 0 radical (unpaired) electrons. The van der Waals surface area contributed by atoms with E-state index in [4.69, 9.17) is 0 Å². The van der Waals surface area contributed by atoms with Gasteiger partial charge in [0.2, 0.25) is 5.91 Å². The molecule has 0 aromatic carbocycles. The Morgan fingerprint density at radius 1 is 0.739 bits per heavy atom. The van der Waals surface area contributed by atoms with Gasteiger partial charge in [-0.15, -0.1) is 6.58 Å². The lowest BCUT2D eigenvalue weighted by molar-refractivity contribution is -0.121. The highest BCUT2D eigenvalue weighted by molar-refractivity contribution is 5.75. The van der Waals surface area contributed by atoms with E-state index in [2.05, 4.69) is 18.8 Å². The van der Waals surface area contributed by atoms with Gasteiger partial charge in [-0.1, -0.05) is 103 Å². The van der Waals surface area contributed by atoms with Gasteiger partial charge in [0.25, 0.3) is 0 Å². The van der Waals surface area contributed by atoms with Gasteiger partial charge in [-0.2, -0.15) is 0 Å². The molecule has 0 aromatic heterocycles. The first-order chi connectivity index (χ1) is 11.3. The Kier molecular flexibility index (Phi) is 18.6. The second-order valence-electron chi connectivity index (χ2n) is 6.79. The fourth-order valence-corrected chi connectivity index (χ4v) is 2.93. The highest BCUT2D eigenvalue weighted by Gasteiger charge is 1.99. The Hall–Kier alpha value is -0.790. The van der Waals surface area contributed by atoms with Crippen LogP contribution in [0, 0.1) is 0 Å². The summed E-state index contributed by atoms with van der Waals surface area (Å²) in [6, 6.07) is 0. The Morgan fingerprint density at radius 2 is 1.13 bits per heavy atom. The first kappa shape index (κ1) is 22.2. The van der Waals surface area contributed by atoms with E-state index in [1.54, 1.807) is 6.08 Å². The van der Waals surface area contributed by atoms with Crippen molar-refractivity contribution in [3.8, 4) is 0 Å². The average molecular weight is 324 g/mol. The van der Waals surface area contributed by atoms with Crippen LogP contribution in [0.3, 0.4) is 0 Å². The lowest BCUT2D eigenvalue weighted by atomic mass is 10.0. The number of hydrogen-bond acceptors (Lipinski definition) is 1. The Labute approximate surface area is 145 Å². The summed E-state index contributed by atoms with van der Waals surface area (Å²) < 4.78 is 0. The molecule has 1 N–H and O–H groups in total.